The fourth-order valence-corrected chi connectivity index (χ4v) is 2.04. The summed E-state index contributed by atoms with van der Waals surface area (Å²) in [6, 6.07) is 15.0. The largest absolute Gasteiger partial charge is 0.489 e. The van der Waals surface area contributed by atoms with Crippen LogP contribution in [0, 0.1) is 0 Å². The average Bonchev–Trinajstić information content (AvgIpc) is 2.98. The number of hydrogen-bond acceptors (Lipinski definition) is 6. The van der Waals surface area contributed by atoms with E-state index in [1.165, 1.54) is 0 Å². The first kappa shape index (κ1) is 15.0. The van der Waals surface area contributed by atoms with Gasteiger partial charge in [-0.05, 0) is 34.2 Å². The van der Waals surface area contributed by atoms with Crippen molar-refractivity contribution in [3.05, 3.63) is 64.7 Å². The zero-order chi connectivity index (χ0) is 16.1. The number of hydrogen-bond donors (Lipinski definition) is 1. The summed E-state index contributed by atoms with van der Waals surface area (Å²) in [7, 11) is 0. The van der Waals surface area contributed by atoms with Gasteiger partial charge in [-0.1, -0.05) is 51.8 Å². The van der Waals surface area contributed by atoms with Gasteiger partial charge >= 0.3 is 0 Å². The molecule has 116 valence electrons. The van der Waals surface area contributed by atoms with E-state index in [2.05, 4.69) is 20.6 Å². The molecule has 2 N–H and O–H groups in total. The minimum atomic E-state index is 0.118. The first-order valence-electron chi connectivity index (χ1n) is 6.77. The molecule has 3 aromatic rings. The highest BCUT2D eigenvalue weighted by Gasteiger charge is 2.01. The number of nitrogen functional groups attached to an aromatic ring is 1. The highest BCUT2D eigenvalue weighted by molar-refractivity contribution is 6.31. The maximum Gasteiger partial charge on any atom is 0.263 e. The van der Waals surface area contributed by atoms with Crippen LogP contribution in [0.2, 0.25) is 5.02 Å². The number of nitrogens with zero attached hydrogens (tertiary/aromatic N) is 5. The summed E-state index contributed by atoms with van der Waals surface area (Å²) in [6.45, 7) is 0.389. The normalized spacial score (nSPS) is 11.0. The maximum absolute atomic E-state index is 6.11. The van der Waals surface area contributed by atoms with Crippen LogP contribution in [0.25, 0.3) is 0 Å². The molecule has 0 amide bonds. The standard InChI is InChI=1S/C15H13ClN6O/c16-14-7-2-1-5-12(14)10-23-13-6-3-4-11(8-13)9-18-22-15(17)19-20-21-22/h1-9H,10H2,(H2,17,19,21). The van der Waals surface area contributed by atoms with E-state index in [-0.39, 0.29) is 5.95 Å². The van der Waals surface area contributed by atoms with E-state index in [4.69, 9.17) is 22.1 Å². The van der Waals surface area contributed by atoms with Crippen molar-refractivity contribution in [2.24, 2.45) is 5.10 Å². The monoisotopic (exact) mass is 328 g/mol. The Morgan fingerprint density at radius 1 is 1.22 bits per heavy atom. The fraction of sp³-hybridized carbons (Fsp3) is 0.0667. The van der Waals surface area contributed by atoms with Crippen molar-refractivity contribution in [1.29, 1.82) is 0 Å². The Bertz CT molecular complexity index is 832. The number of nitrogens with two attached hydrogens (primary N) is 1. The number of benzene rings is 2. The van der Waals surface area contributed by atoms with Crippen LogP contribution >= 0.6 is 11.6 Å². The molecule has 1 aromatic heterocycles. The number of aromatic nitrogens is 4. The lowest BCUT2D eigenvalue weighted by Gasteiger charge is -2.08. The van der Waals surface area contributed by atoms with E-state index in [9.17, 15) is 0 Å². The van der Waals surface area contributed by atoms with Crippen molar-refractivity contribution in [1.82, 2.24) is 20.3 Å². The Labute approximate surface area is 137 Å². The number of halogens is 1. The van der Waals surface area contributed by atoms with E-state index in [0.29, 0.717) is 17.4 Å². The van der Waals surface area contributed by atoms with Crippen molar-refractivity contribution in [2.75, 3.05) is 5.73 Å². The Kier molecular flexibility index (Phi) is 4.49. The summed E-state index contributed by atoms with van der Waals surface area (Å²) in [5, 5.41) is 15.3. The number of ether oxygens (including phenoxy) is 1. The fourth-order valence-electron chi connectivity index (χ4n) is 1.85. The van der Waals surface area contributed by atoms with Gasteiger partial charge in [-0.3, -0.25) is 0 Å². The summed E-state index contributed by atoms with van der Waals surface area (Å²) in [5.41, 5.74) is 7.29. The summed E-state index contributed by atoms with van der Waals surface area (Å²) >= 11 is 6.11. The molecule has 0 fully saturated rings. The second-order valence-electron chi connectivity index (χ2n) is 4.62. The molecular weight excluding hydrogens is 316 g/mol. The van der Waals surface area contributed by atoms with Crippen LogP contribution in [0.15, 0.2) is 53.6 Å². The van der Waals surface area contributed by atoms with Crippen LogP contribution in [-0.2, 0) is 6.61 Å². The summed E-state index contributed by atoms with van der Waals surface area (Å²) in [5.74, 6) is 0.825. The summed E-state index contributed by atoms with van der Waals surface area (Å²) in [4.78, 5) is 1.14. The van der Waals surface area contributed by atoms with Crippen LogP contribution in [-0.4, -0.2) is 26.5 Å². The third-order valence-corrected chi connectivity index (χ3v) is 3.37. The third kappa shape index (κ3) is 3.83. The van der Waals surface area contributed by atoms with Crippen molar-refractivity contribution in [3.63, 3.8) is 0 Å². The van der Waals surface area contributed by atoms with E-state index in [1.807, 2.05) is 48.5 Å². The predicted molar refractivity (Wildman–Crippen MR) is 87.4 cm³/mol. The second kappa shape index (κ2) is 6.89. The molecule has 7 nitrogen and oxygen atoms in total. The lowest BCUT2D eigenvalue weighted by Crippen LogP contribution is -2.00. The number of tetrazole rings is 1. The van der Waals surface area contributed by atoms with Gasteiger partial charge in [0.25, 0.3) is 5.95 Å². The van der Waals surface area contributed by atoms with Crippen molar-refractivity contribution in [3.8, 4) is 5.75 Å². The molecule has 2 aromatic carbocycles. The molecule has 0 bridgehead atoms. The highest BCUT2D eigenvalue weighted by Crippen LogP contribution is 2.19. The molecule has 0 radical (unpaired) electrons. The van der Waals surface area contributed by atoms with Crippen LogP contribution in [0.3, 0.4) is 0 Å². The van der Waals surface area contributed by atoms with E-state index < -0.39 is 0 Å². The zero-order valence-corrected chi connectivity index (χ0v) is 12.8. The van der Waals surface area contributed by atoms with Gasteiger partial charge in [-0.25, -0.2) is 0 Å². The number of rotatable bonds is 5. The van der Waals surface area contributed by atoms with Gasteiger partial charge in [0.05, 0.1) is 6.21 Å². The molecule has 0 saturated carbocycles. The van der Waals surface area contributed by atoms with Crippen LogP contribution < -0.4 is 10.5 Å². The zero-order valence-electron chi connectivity index (χ0n) is 12.0. The first-order chi connectivity index (χ1) is 11.2. The van der Waals surface area contributed by atoms with Gasteiger partial charge in [0.1, 0.15) is 12.4 Å². The SMILES string of the molecule is Nc1nnnn1N=Cc1cccc(OCc2ccccc2Cl)c1. The quantitative estimate of drug-likeness (QED) is 0.726. The van der Waals surface area contributed by atoms with Crippen molar-refractivity contribution in [2.45, 2.75) is 6.61 Å². The second-order valence-corrected chi connectivity index (χ2v) is 5.03. The van der Waals surface area contributed by atoms with Gasteiger partial charge < -0.3 is 10.5 Å². The molecule has 0 spiro atoms. The van der Waals surface area contributed by atoms with Gasteiger partial charge in [0, 0.05) is 10.6 Å². The summed E-state index contributed by atoms with van der Waals surface area (Å²) < 4.78 is 5.76. The Morgan fingerprint density at radius 2 is 2.09 bits per heavy atom. The van der Waals surface area contributed by atoms with Crippen molar-refractivity contribution < 1.29 is 4.74 Å². The van der Waals surface area contributed by atoms with E-state index in [0.717, 1.165) is 15.9 Å². The molecule has 8 heteroatoms. The maximum atomic E-state index is 6.11. The van der Waals surface area contributed by atoms with Gasteiger partial charge in [-0.15, -0.1) is 0 Å². The predicted octanol–water partition coefficient (Wildman–Crippen LogP) is 2.37. The Morgan fingerprint density at radius 3 is 2.87 bits per heavy atom. The molecule has 1 heterocycles. The van der Waals surface area contributed by atoms with Crippen LogP contribution in [0.4, 0.5) is 5.95 Å². The third-order valence-electron chi connectivity index (χ3n) is 3.00. The smallest absolute Gasteiger partial charge is 0.263 e. The molecular formula is C15H13ClN6O. The Balaban J connectivity index is 1.69. The molecule has 0 aliphatic rings. The van der Waals surface area contributed by atoms with Gasteiger partial charge in [0.2, 0.25) is 0 Å². The van der Waals surface area contributed by atoms with E-state index >= 15 is 0 Å². The lowest BCUT2D eigenvalue weighted by molar-refractivity contribution is 0.306. The molecule has 0 unspecified atom stereocenters. The molecule has 0 aliphatic heterocycles. The minimum absolute atomic E-state index is 0.118. The molecule has 3 rings (SSSR count). The topological polar surface area (TPSA) is 91.2 Å². The highest BCUT2D eigenvalue weighted by atomic mass is 35.5. The van der Waals surface area contributed by atoms with Crippen LogP contribution in [0.1, 0.15) is 11.1 Å². The lowest BCUT2D eigenvalue weighted by atomic mass is 10.2. The molecule has 23 heavy (non-hydrogen) atoms. The number of anilines is 1. The molecule has 0 saturated heterocycles. The van der Waals surface area contributed by atoms with Gasteiger partial charge in [0.15, 0.2) is 0 Å². The first-order valence-corrected chi connectivity index (χ1v) is 7.14. The average molecular weight is 329 g/mol. The molecule has 0 aliphatic carbocycles. The van der Waals surface area contributed by atoms with E-state index in [1.54, 1.807) is 6.21 Å². The van der Waals surface area contributed by atoms with Crippen molar-refractivity contribution >= 4 is 23.8 Å². The molecule has 0 atom stereocenters. The van der Waals surface area contributed by atoms with Gasteiger partial charge in [-0.2, -0.15) is 5.10 Å². The summed E-state index contributed by atoms with van der Waals surface area (Å²) in [6.07, 6.45) is 1.59. The minimum Gasteiger partial charge on any atom is -0.489 e. The van der Waals surface area contributed by atoms with Crippen LogP contribution in [0.5, 0.6) is 5.75 Å². The Hall–Kier alpha value is -2.93.